The monoisotopic (exact) mass is 205 g/mol. The lowest BCUT2D eigenvalue weighted by molar-refractivity contribution is 0.413. The normalized spacial score (nSPS) is 17.7. The number of nitrogens with one attached hydrogen (secondary N) is 1. The Kier molecular flexibility index (Phi) is 3.27. The first-order valence-electron chi connectivity index (χ1n) is 5.66. The van der Waals surface area contributed by atoms with Gasteiger partial charge < -0.3 is 10.1 Å². The van der Waals surface area contributed by atoms with Crippen LogP contribution in [0, 0.1) is 6.92 Å². The highest BCUT2D eigenvalue weighted by Gasteiger charge is 2.16. The smallest absolute Gasteiger partial charge is 0.119 e. The molecule has 0 aromatic heterocycles. The van der Waals surface area contributed by atoms with Crippen LogP contribution in [0.3, 0.4) is 0 Å². The van der Waals surface area contributed by atoms with E-state index in [-0.39, 0.29) is 0 Å². The van der Waals surface area contributed by atoms with Crippen LogP contribution in [0.5, 0.6) is 5.75 Å². The summed E-state index contributed by atoms with van der Waals surface area (Å²) in [4.78, 5) is 0. The van der Waals surface area contributed by atoms with Crippen molar-refractivity contribution in [1.82, 2.24) is 5.32 Å². The van der Waals surface area contributed by atoms with E-state index in [4.69, 9.17) is 4.74 Å². The van der Waals surface area contributed by atoms with E-state index in [0.717, 1.165) is 24.8 Å². The molecule has 2 heteroatoms. The Morgan fingerprint density at radius 1 is 1.27 bits per heavy atom. The van der Waals surface area contributed by atoms with Gasteiger partial charge in [0.05, 0.1) is 7.11 Å². The summed E-state index contributed by atoms with van der Waals surface area (Å²) in [5.74, 6) is 1.70. The Morgan fingerprint density at radius 3 is 2.60 bits per heavy atom. The van der Waals surface area contributed by atoms with Gasteiger partial charge in [-0.25, -0.2) is 0 Å². The zero-order valence-corrected chi connectivity index (χ0v) is 9.55. The molecule has 0 aliphatic carbocycles. The molecule has 0 bridgehead atoms. The largest absolute Gasteiger partial charge is 0.497 e. The van der Waals surface area contributed by atoms with Gasteiger partial charge in [0, 0.05) is 0 Å². The van der Waals surface area contributed by atoms with Gasteiger partial charge in [0.2, 0.25) is 0 Å². The van der Waals surface area contributed by atoms with Crippen molar-refractivity contribution in [3.8, 4) is 5.75 Å². The van der Waals surface area contributed by atoms with E-state index in [1.807, 2.05) is 0 Å². The summed E-state index contributed by atoms with van der Waals surface area (Å²) in [6, 6.07) is 6.44. The molecule has 0 spiro atoms. The predicted octanol–water partition coefficient (Wildman–Crippen LogP) is 2.47. The van der Waals surface area contributed by atoms with Crippen LogP contribution in [0.15, 0.2) is 18.2 Å². The zero-order chi connectivity index (χ0) is 10.7. The topological polar surface area (TPSA) is 21.3 Å². The fourth-order valence-electron chi connectivity index (χ4n) is 2.37. The average molecular weight is 205 g/mol. The van der Waals surface area contributed by atoms with E-state index in [2.05, 4.69) is 30.4 Å². The van der Waals surface area contributed by atoms with Gasteiger partial charge in [0.25, 0.3) is 0 Å². The van der Waals surface area contributed by atoms with Crippen LogP contribution < -0.4 is 10.1 Å². The molecule has 0 unspecified atom stereocenters. The molecule has 2 nitrogen and oxygen atoms in total. The van der Waals surface area contributed by atoms with E-state index in [1.165, 1.54) is 24.0 Å². The molecule has 1 fully saturated rings. The molecule has 1 aliphatic heterocycles. The first-order chi connectivity index (χ1) is 7.31. The van der Waals surface area contributed by atoms with Gasteiger partial charge in [0.15, 0.2) is 0 Å². The minimum Gasteiger partial charge on any atom is -0.497 e. The minimum absolute atomic E-state index is 0.733. The fourth-order valence-corrected chi connectivity index (χ4v) is 2.37. The van der Waals surface area contributed by atoms with Crippen LogP contribution in [0.2, 0.25) is 0 Å². The second-order valence-electron chi connectivity index (χ2n) is 4.25. The summed E-state index contributed by atoms with van der Waals surface area (Å²) in [7, 11) is 1.72. The van der Waals surface area contributed by atoms with Crippen LogP contribution in [0.25, 0.3) is 0 Å². The Bertz CT molecular complexity index is 329. The molecule has 1 aromatic carbocycles. The molecule has 0 radical (unpaired) electrons. The van der Waals surface area contributed by atoms with Gasteiger partial charge in [-0.05, 0) is 62.0 Å². The summed E-state index contributed by atoms with van der Waals surface area (Å²) in [6.45, 7) is 4.48. The first-order valence-corrected chi connectivity index (χ1v) is 5.66. The molecule has 1 N–H and O–H groups in total. The zero-order valence-electron chi connectivity index (χ0n) is 9.55. The summed E-state index contributed by atoms with van der Waals surface area (Å²) in [6.07, 6.45) is 2.51. The number of hydrogen-bond acceptors (Lipinski definition) is 2. The third kappa shape index (κ3) is 2.32. The maximum atomic E-state index is 5.22. The lowest BCUT2D eigenvalue weighted by atomic mass is 9.87. The van der Waals surface area contributed by atoms with E-state index >= 15 is 0 Å². The van der Waals surface area contributed by atoms with Crippen LogP contribution in [0.1, 0.15) is 29.9 Å². The van der Waals surface area contributed by atoms with Gasteiger partial charge in [-0.3, -0.25) is 0 Å². The molecule has 1 heterocycles. The summed E-state index contributed by atoms with van der Waals surface area (Å²) < 4.78 is 5.22. The first kappa shape index (κ1) is 10.5. The van der Waals surface area contributed by atoms with Crippen molar-refractivity contribution in [1.29, 1.82) is 0 Å². The molecule has 0 saturated carbocycles. The number of benzene rings is 1. The van der Waals surface area contributed by atoms with Crippen LogP contribution >= 0.6 is 0 Å². The quantitative estimate of drug-likeness (QED) is 0.801. The molecule has 0 atom stereocenters. The van der Waals surface area contributed by atoms with Gasteiger partial charge >= 0.3 is 0 Å². The van der Waals surface area contributed by atoms with E-state index in [1.54, 1.807) is 7.11 Å². The van der Waals surface area contributed by atoms with Crippen LogP contribution in [-0.4, -0.2) is 20.2 Å². The fraction of sp³-hybridized carbons (Fsp3) is 0.538. The third-order valence-electron chi connectivity index (χ3n) is 3.26. The maximum absolute atomic E-state index is 5.22. The average Bonchev–Trinajstić information content (AvgIpc) is 2.30. The molecule has 1 saturated heterocycles. The van der Waals surface area contributed by atoms with Crippen molar-refractivity contribution in [3.05, 3.63) is 29.3 Å². The minimum atomic E-state index is 0.733. The highest BCUT2D eigenvalue weighted by molar-refractivity contribution is 5.37. The van der Waals surface area contributed by atoms with Gasteiger partial charge in [-0.2, -0.15) is 0 Å². The Morgan fingerprint density at radius 2 is 2.00 bits per heavy atom. The van der Waals surface area contributed by atoms with Gasteiger partial charge in [-0.15, -0.1) is 0 Å². The SMILES string of the molecule is COc1ccc(C2CCNCC2)c(C)c1. The number of hydrogen-bond donors (Lipinski definition) is 1. The molecule has 2 rings (SSSR count). The number of methoxy groups -OCH3 is 1. The highest BCUT2D eigenvalue weighted by atomic mass is 16.5. The molecule has 1 aromatic rings. The van der Waals surface area contributed by atoms with Crippen molar-refractivity contribution in [2.45, 2.75) is 25.7 Å². The maximum Gasteiger partial charge on any atom is 0.119 e. The summed E-state index contributed by atoms with van der Waals surface area (Å²) in [5, 5.41) is 3.40. The number of ether oxygens (including phenoxy) is 1. The molecule has 82 valence electrons. The van der Waals surface area contributed by atoms with Crippen molar-refractivity contribution < 1.29 is 4.74 Å². The second kappa shape index (κ2) is 4.67. The Hall–Kier alpha value is -1.02. The van der Waals surface area contributed by atoms with Gasteiger partial charge in [0.1, 0.15) is 5.75 Å². The third-order valence-corrected chi connectivity index (χ3v) is 3.26. The summed E-state index contributed by atoms with van der Waals surface area (Å²) >= 11 is 0. The molecule has 1 aliphatic rings. The number of aryl methyl sites for hydroxylation is 1. The number of piperidine rings is 1. The standard InChI is InChI=1S/C13H19NO/c1-10-9-12(15-2)3-4-13(10)11-5-7-14-8-6-11/h3-4,9,11,14H,5-8H2,1-2H3. The van der Waals surface area contributed by atoms with E-state index < -0.39 is 0 Å². The Balaban J connectivity index is 2.19. The van der Waals surface area contributed by atoms with Gasteiger partial charge in [-0.1, -0.05) is 6.07 Å². The molecule has 0 amide bonds. The van der Waals surface area contributed by atoms with Crippen LogP contribution in [-0.2, 0) is 0 Å². The van der Waals surface area contributed by atoms with E-state index in [9.17, 15) is 0 Å². The van der Waals surface area contributed by atoms with E-state index in [0.29, 0.717) is 0 Å². The highest BCUT2D eigenvalue weighted by Crippen LogP contribution is 2.29. The lowest BCUT2D eigenvalue weighted by Gasteiger charge is -2.24. The van der Waals surface area contributed by atoms with Crippen molar-refractivity contribution in [2.75, 3.05) is 20.2 Å². The second-order valence-corrected chi connectivity index (χ2v) is 4.25. The molecule has 15 heavy (non-hydrogen) atoms. The number of rotatable bonds is 2. The lowest BCUT2D eigenvalue weighted by Crippen LogP contribution is -2.26. The molecular formula is C13H19NO. The summed E-state index contributed by atoms with van der Waals surface area (Å²) in [5.41, 5.74) is 2.86. The Labute approximate surface area is 91.6 Å². The molecular weight excluding hydrogens is 186 g/mol. The predicted molar refractivity (Wildman–Crippen MR) is 62.6 cm³/mol. The van der Waals surface area contributed by atoms with Crippen molar-refractivity contribution in [3.63, 3.8) is 0 Å². The van der Waals surface area contributed by atoms with Crippen molar-refractivity contribution in [2.24, 2.45) is 0 Å². The van der Waals surface area contributed by atoms with Crippen molar-refractivity contribution >= 4 is 0 Å². The van der Waals surface area contributed by atoms with Crippen LogP contribution in [0.4, 0.5) is 0 Å².